The van der Waals surface area contributed by atoms with E-state index in [-0.39, 0.29) is 19.0 Å². The van der Waals surface area contributed by atoms with Crippen LogP contribution in [0.15, 0.2) is 24.5 Å². The lowest BCUT2D eigenvalue weighted by atomic mass is 9.95. The number of halogens is 1. The van der Waals surface area contributed by atoms with Crippen LogP contribution in [0.5, 0.6) is 0 Å². The molecule has 0 bridgehead atoms. The van der Waals surface area contributed by atoms with Crippen LogP contribution in [0.2, 0.25) is 0 Å². The minimum Gasteiger partial charge on any atom is -0.388 e. The van der Waals surface area contributed by atoms with Crippen molar-refractivity contribution in [2.75, 3.05) is 19.6 Å². The average molecular weight is 267 g/mol. The number of carbonyl (C=O) groups is 1. The zero-order valence-electron chi connectivity index (χ0n) is 10.6. The van der Waals surface area contributed by atoms with Gasteiger partial charge in [0.15, 0.2) is 0 Å². The molecule has 2 rings (SSSR count). The predicted molar refractivity (Wildman–Crippen MR) is 67.8 cm³/mol. The van der Waals surface area contributed by atoms with Gasteiger partial charge in [-0.2, -0.15) is 0 Å². The van der Waals surface area contributed by atoms with Crippen LogP contribution < -0.4 is 5.73 Å². The summed E-state index contributed by atoms with van der Waals surface area (Å²) in [7, 11) is 0. The Balaban J connectivity index is 2.09. The Hall–Kier alpha value is -1.53. The lowest BCUT2D eigenvalue weighted by Gasteiger charge is -2.26. The molecule has 2 heterocycles. The maximum Gasteiger partial charge on any atom is 0.230 e. The van der Waals surface area contributed by atoms with Crippen molar-refractivity contribution >= 4 is 5.91 Å². The van der Waals surface area contributed by atoms with Crippen LogP contribution in [-0.4, -0.2) is 46.7 Å². The Morgan fingerprint density at radius 3 is 2.79 bits per heavy atom. The van der Waals surface area contributed by atoms with Crippen molar-refractivity contribution in [2.24, 2.45) is 11.7 Å². The second-order valence-corrected chi connectivity index (χ2v) is 4.74. The summed E-state index contributed by atoms with van der Waals surface area (Å²) in [5, 5.41) is 10.2. The summed E-state index contributed by atoms with van der Waals surface area (Å²) in [6.07, 6.45) is 1.49. The summed E-state index contributed by atoms with van der Waals surface area (Å²) in [5.41, 5.74) is 6.19. The Morgan fingerprint density at radius 2 is 2.26 bits per heavy atom. The average Bonchev–Trinajstić information content (AvgIpc) is 2.87. The van der Waals surface area contributed by atoms with Gasteiger partial charge in [0, 0.05) is 25.5 Å². The number of likely N-dealkylation sites (tertiary alicyclic amines) is 1. The van der Waals surface area contributed by atoms with Crippen molar-refractivity contribution in [2.45, 2.75) is 18.7 Å². The minimum absolute atomic E-state index is 0.0236. The Morgan fingerprint density at radius 1 is 1.58 bits per heavy atom. The van der Waals surface area contributed by atoms with E-state index < -0.39 is 18.2 Å². The molecule has 2 unspecified atom stereocenters. The molecule has 1 amide bonds. The van der Waals surface area contributed by atoms with E-state index in [1.54, 1.807) is 24.5 Å². The summed E-state index contributed by atoms with van der Waals surface area (Å²) in [6.45, 7) is 0.508. The third kappa shape index (κ3) is 3.08. The Labute approximate surface area is 111 Å². The number of amides is 1. The SMILES string of the molecule is NCC(C(=O)N1CC[C@H](F)C1)C(O)c1ccncc1. The van der Waals surface area contributed by atoms with E-state index in [9.17, 15) is 14.3 Å². The lowest BCUT2D eigenvalue weighted by Crippen LogP contribution is -2.40. The van der Waals surface area contributed by atoms with Gasteiger partial charge in [0.1, 0.15) is 6.17 Å². The van der Waals surface area contributed by atoms with Crippen LogP contribution in [0.4, 0.5) is 4.39 Å². The first-order valence-corrected chi connectivity index (χ1v) is 6.34. The molecule has 1 saturated heterocycles. The van der Waals surface area contributed by atoms with Crippen molar-refractivity contribution in [3.63, 3.8) is 0 Å². The van der Waals surface area contributed by atoms with E-state index in [1.165, 1.54) is 4.90 Å². The van der Waals surface area contributed by atoms with Crippen molar-refractivity contribution in [1.82, 2.24) is 9.88 Å². The van der Waals surface area contributed by atoms with Gasteiger partial charge >= 0.3 is 0 Å². The Bertz CT molecular complexity index is 429. The van der Waals surface area contributed by atoms with E-state index in [0.29, 0.717) is 18.5 Å². The van der Waals surface area contributed by atoms with Gasteiger partial charge in [0.2, 0.25) is 5.91 Å². The van der Waals surface area contributed by atoms with Crippen LogP contribution in [-0.2, 0) is 4.79 Å². The molecule has 1 aliphatic heterocycles. The fraction of sp³-hybridized carbons (Fsp3) is 0.538. The Kier molecular flexibility index (Phi) is 4.44. The van der Waals surface area contributed by atoms with Gasteiger partial charge in [0.05, 0.1) is 18.6 Å². The molecular formula is C13H18FN3O2. The molecule has 104 valence electrons. The van der Waals surface area contributed by atoms with Gasteiger partial charge in [0.25, 0.3) is 0 Å². The molecule has 0 spiro atoms. The van der Waals surface area contributed by atoms with E-state index >= 15 is 0 Å². The minimum atomic E-state index is -0.987. The number of hydrogen-bond acceptors (Lipinski definition) is 4. The van der Waals surface area contributed by atoms with Crippen LogP contribution in [0.1, 0.15) is 18.1 Å². The summed E-state index contributed by atoms with van der Waals surface area (Å²) < 4.78 is 13.1. The van der Waals surface area contributed by atoms with Crippen molar-refractivity contribution in [1.29, 1.82) is 0 Å². The molecule has 1 aliphatic rings. The smallest absolute Gasteiger partial charge is 0.230 e. The molecule has 0 aromatic carbocycles. The number of hydrogen-bond donors (Lipinski definition) is 2. The molecule has 5 nitrogen and oxygen atoms in total. The van der Waals surface area contributed by atoms with Crippen LogP contribution >= 0.6 is 0 Å². The highest BCUT2D eigenvalue weighted by molar-refractivity contribution is 5.80. The normalized spacial score (nSPS) is 22.3. The first kappa shape index (κ1) is 13.9. The van der Waals surface area contributed by atoms with Gasteiger partial charge in [-0.15, -0.1) is 0 Å². The van der Waals surface area contributed by atoms with E-state index in [4.69, 9.17) is 5.73 Å². The lowest BCUT2D eigenvalue weighted by molar-refractivity contribution is -0.138. The van der Waals surface area contributed by atoms with E-state index in [2.05, 4.69) is 4.98 Å². The second-order valence-electron chi connectivity index (χ2n) is 4.74. The topological polar surface area (TPSA) is 79.5 Å². The highest BCUT2D eigenvalue weighted by Gasteiger charge is 2.34. The number of pyridine rings is 1. The summed E-state index contributed by atoms with van der Waals surface area (Å²) >= 11 is 0. The largest absolute Gasteiger partial charge is 0.388 e. The molecule has 1 aromatic heterocycles. The predicted octanol–water partition coefficient (Wildman–Crippen LogP) is 0.260. The summed E-state index contributed by atoms with van der Waals surface area (Å²) in [6, 6.07) is 3.28. The number of nitrogens with two attached hydrogens (primary N) is 1. The highest BCUT2D eigenvalue weighted by Crippen LogP contribution is 2.24. The maximum atomic E-state index is 13.1. The van der Waals surface area contributed by atoms with Gasteiger partial charge in [-0.3, -0.25) is 9.78 Å². The molecule has 3 N–H and O–H groups in total. The van der Waals surface area contributed by atoms with Crippen LogP contribution in [0.3, 0.4) is 0 Å². The fourth-order valence-electron chi connectivity index (χ4n) is 2.31. The van der Waals surface area contributed by atoms with Crippen LogP contribution in [0.25, 0.3) is 0 Å². The molecule has 0 aliphatic carbocycles. The number of nitrogens with zero attached hydrogens (tertiary/aromatic N) is 2. The molecule has 19 heavy (non-hydrogen) atoms. The third-order valence-electron chi connectivity index (χ3n) is 3.44. The number of aromatic nitrogens is 1. The summed E-state index contributed by atoms with van der Waals surface area (Å²) in [4.78, 5) is 17.5. The number of aliphatic hydroxyl groups excluding tert-OH is 1. The number of alkyl halides is 1. The highest BCUT2D eigenvalue weighted by atomic mass is 19.1. The van der Waals surface area contributed by atoms with Crippen molar-refractivity contribution < 1.29 is 14.3 Å². The third-order valence-corrected chi connectivity index (χ3v) is 3.44. The first-order chi connectivity index (χ1) is 9.13. The summed E-state index contributed by atoms with van der Waals surface area (Å²) in [5.74, 6) is -1.03. The van der Waals surface area contributed by atoms with Gasteiger partial charge in [-0.05, 0) is 24.1 Å². The van der Waals surface area contributed by atoms with Crippen molar-refractivity contribution in [3.05, 3.63) is 30.1 Å². The van der Waals surface area contributed by atoms with Crippen molar-refractivity contribution in [3.8, 4) is 0 Å². The fourth-order valence-corrected chi connectivity index (χ4v) is 2.31. The standard InChI is InChI=1S/C13H18FN3O2/c14-10-3-6-17(8-10)13(19)11(7-15)12(18)9-1-4-16-5-2-9/h1-2,4-5,10-12,18H,3,6-8,15H2/t10-,11?,12?/m0/s1. The van der Waals surface area contributed by atoms with E-state index in [1.807, 2.05) is 0 Å². The number of aliphatic hydroxyl groups is 1. The van der Waals surface area contributed by atoms with Gasteiger partial charge in [-0.1, -0.05) is 0 Å². The molecule has 3 atom stereocenters. The second kappa shape index (κ2) is 6.08. The van der Waals surface area contributed by atoms with Gasteiger partial charge < -0.3 is 15.7 Å². The van der Waals surface area contributed by atoms with Gasteiger partial charge in [-0.25, -0.2) is 4.39 Å². The molecule has 1 aromatic rings. The monoisotopic (exact) mass is 267 g/mol. The van der Waals surface area contributed by atoms with E-state index in [0.717, 1.165) is 0 Å². The van der Waals surface area contributed by atoms with Crippen LogP contribution in [0, 0.1) is 5.92 Å². The molecule has 6 heteroatoms. The molecule has 0 saturated carbocycles. The molecular weight excluding hydrogens is 249 g/mol. The number of carbonyl (C=O) groups excluding carboxylic acids is 1. The maximum absolute atomic E-state index is 13.1. The number of rotatable bonds is 4. The first-order valence-electron chi connectivity index (χ1n) is 6.34. The molecule has 1 fully saturated rings. The quantitative estimate of drug-likeness (QED) is 0.820. The zero-order chi connectivity index (χ0) is 13.8. The molecule has 0 radical (unpaired) electrons. The zero-order valence-corrected chi connectivity index (χ0v) is 10.6.